The standard InChI is InChI=1S/C13H11Cl2N.C6H6O/c1-9-12(15)7-10(14)8-13(9)16-11-5-3-2-4-6-11;7-6-4-2-1-3-5-6/h2-9H,1H3;1-5,7H. The average Bonchev–Trinajstić information content (AvgIpc) is 2.54. The molecule has 0 radical (unpaired) electrons. The molecule has 2 aromatic rings. The number of aromatic hydroxyl groups is 1. The number of aliphatic imine (C=N–C) groups is 1. The lowest BCUT2D eigenvalue weighted by Crippen LogP contribution is -2.12. The molecule has 1 N–H and O–H groups in total. The molecule has 23 heavy (non-hydrogen) atoms. The fraction of sp³-hybridized carbons (Fsp3) is 0.105. The summed E-state index contributed by atoms with van der Waals surface area (Å²) in [7, 11) is 0. The van der Waals surface area contributed by atoms with E-state index in [4.69, 9.17) is 28.3 Å². The zero-order chi connectivity index (χ0) is 16.7. The first-order chi connectivity index (χ1) is 11.1. The molecule has 3 rings (SSSR count). The van der Waals surface area contributed by atoms with Crippen LogP contribution in [0.3, 0.4) is 0 Å². The van der Waals surface area contributed by atoms with Gasteiger partial charge in [0, 0.05) is 16.0 Å². The minimum Gasteiger partial charge on any atom is -0.508 e. The summed E-state index contributed by atoms with van der Waals surface area (Å²) in [6, 6.07) is 18.5. The van der Waals surface area contributed by atoms with E-state index in [0.717, 1.165) is 16.4 Å². The summed E-state index contributed by atoms with van der Waals surface area (Å²) < 4.78 is 0. The maximum atomic E-state index is 8.63. The number of benzene rings is 2. The van der Waals surface area contributed by atoms with Crippen LogP contribution in [0.2, 0.25) is 0 Å². The molecule has 0 aliphatic heterocycles. The van der Waals surface area contributed by atoms with Crippen molar-refractivity contribution in [3.63, 3.8) is 0 Å². The van der Waals surface area contributed by atoms with Gasteiger partial charge in [0.15, 0.2) is 0 Å². The Kier molecular flexibility index (Phi) is 6.45. The third-order valence-electron chi connectivity index (χ3n) is 3.19. The van der Waals surface area contributed by atoms with Gasteiger partial charge < -0.3 is 5.11 Å². The fourth-order valence-corrected chi connectivity index (χ4v) is 2.43. The van der Waals surface area contributed by atoms with Crippen molar-refractivity contribution in [3.8, 4) is 5.75 Å². The first-order valence-electron chi connectivity index (χ1n) is 7.18. The Hall–Kier alpha value is -2.03. The van der Waals surface area contributed by atoms with Crippen LogP contribution in [0, 0.1) is 5.92 Å². The Morgan fingerprint density at radius 3 is 1.96 bits per heavy atom. The van der Waals surface area contributed by atoms with Gasteiger partial charge in [-0.15, -0.1) is 0 Å². The third kappa shape index (κ3) is 5.59. The molecule has 1 aliphatic rings. The van der Waals surface area contributed by atoms with Crippen LogP contribution in [0.15, 0.2) is 87.9 Å². The second-order valence-corrected chi connectivity index (χ2v) is 5.86. The van der Waals surface area contributed by atoms with Crippen LogP contribution < -0.4 is 0 Å². The van der Waals surface area contributed by atoms with Crippen molar-refractivity contribution in [3.05, 3.63) is 82.9 Å². The first kappa shape index (κ1) is 17.3. The summed E-state index contributed by atoms with van der Waals surface area (Å²) in [5.74, 6) is 0.423. The maximum absolute atomic E-state index is 8.63. The highest BCUT2D eigenvalue weighted by Crippen LogP contribution is 2.28. The van der Waals surface area contributed by atoms with Gasteiger partial charge in [-0.2, -0.15) is 0 Å². The van der Waals surface area contributed by atoms with Crippen molar-refractivity contribution in [1.29, 1.82) is 0 Å². The molecule has 0 heterocycles. The molecule has 0 saturated carbocycles. The lowest BCUT2D eigenvalue weighted by molar-refractivity contribution is 0.475. The van der Waals surface area contributed by atoms with E-state index in [9.17, 15) is 0 Å². The highest BCUT2D eigenvalue weighted by Gasteiger charge is 2.17. The van der Waals surface area contributed by atoms with Crippen LogP contribution in [0.4, 0.5) is 5.69 Å². The van der Waals surface area contributed by atoms with Crippen LogP contribution >= 0.6 is 23.2 Å². The van der Waals surface area contributed by atoms with Gasteiger partial charge in [0.05, 0.1) is 11.4 Å². The van der Waals surface area contributed by atoms with E-state index in [-0.39, 0.29) is 5.92 Å². The Morgan fingerprint density at radius 2 is 1.43 bits per heavy atom. The van der Waals surface area contributed by atoms with Crippen LogP contribution in [0.1, 0.15) is 6.92 Å². The van der Waals surface area contributed by atoms with Crippen LogP contribution in [-0.4, -0.2) is 10.8 Å². The van der Waals surface area contributed by atoms with Gasteiger partial charge >= 0.3 is 0 Å². The summed E-state index contributed by atoms with van der Waals surface area (Å²) >= 11 is 12.0. The lowest BCUT2D eigenvalue weighted by atomic mass is 10.00. The summed E-state index contributed by atoms with van der Waals surface area (Å²) in [4.78, 5) is 4.53. The predicted molar refractivity (Wildman–Crippen MR) is 98.7 cm³/mol. The molecule has 0 spiro atoms. The molecule has 2 aromatic carbocycles. The van der Waals surface area contributed by atoms with E-state index < -0.39 is 0 Å². The van der Waals surface area contributed by atoms with E-state index in [1.54, 1.807) is 30.3 Å². The van der Waals surface area contributed by atoms with E-state index in [1.165, 1.54) is 0 Å². The number of allylic oxidation sites excluding steroid dienone is 4. The zero-order valence-electron chi connectivity index (χ0n) is 12.7. The summed E-state index contributed by atoms with van der Waals surface area (Å²) in [6.45, 7) is 2.01. The predicted octanol–water partition coefficient (Wildman–Crippen LogP) is 6.05. The van der Waals surface area contributed by atoms with Gasteiger partial charge in [0.1, 0.15) is 5.75 Å². The summed E-state index contributed by atoms with van der Waals surface area (Å²) in [5, 5.41) is 9.98. The molecule has 0 fully saturated rings. The molecule has 118 valence electrons. The summed E-state index contributed by atoms with van der Waals surface area (Å²) in [6.07, 6.45) is 3.61. The Morgan fingerprint density at radius 1 is 0.870 bits per heavy atom. The molecule has 0 aromatic heterocycles. The van der Waals surface area contributed by atoms with Crippen molar-refractivity contribution < 1.29 is 5.11 Å². The third-order valence-corrected chi connectivity index (χ3v) is 3.84. The topological polar surface area (TPSA) is 32.6 Å². The maximum Gasteiger partial charge on any atom is 0.115 e. The minimum atomic E-state index is 0.101. The molecule has 0 amide bonds. The smallest absolute Gasteiger partial charge is 0.115 e. The number of nitrogens with zero attached hydrogens (tertiary/aromatic N) is 1. The second-order valence-electron chi connectivity index (χ2n) is 4.99. The van der Waals surface area contributed by atoms with Gasteiger partial charge in [0.2, 0.25) is 0 Å². The van der Waals surface area contributed by atoms with E-state index in [2.05, 4.69) is 4.99 Å². The number of para-hydroxylation sites is 2. The molecule has 0 saturated heterocycles. The van der Waals surface area contributed by atoms with Crippen molar-refractivity contribution in [2.24, 2.45) is 10.9 Å². The monoisotopic (exact) mass is 345 g/mol. The fourth-order valence-electron chi connectivity index (χ4n) is 1.91. The van der Waals surface area contributed by atoms with Crippen LogP contribution in [0.25, 0.3) is 0 Å². The SMILES string of the molecule is CC1C(Cl)=CC(Cl)=CC1=Nc1ccccc1.Oc1ccccc1. The Labute approximate surface area is 146 Å². The largest absolute Gasteiger partial charge is 0.508 e. The van der Waals surface area contributed by atoms with Gasteiger partial charge in [0.25, 0.3) is 0 Å². The van der Waals surface area contributed by atoms with Crippen molar-refractivity contribution in [1.82, 2.24) is 0 Å². The molecular weight excluding hydrogens is 329 g/mol. The van der Waals surface area contributed by atoms with Crippen molar-refractivity contribution in [2.75, 3.05) is 0 Å². The van der Waals surface area contributed by atoms with Crippen molar-refractivity contribution >= 4 is 34.6 Å². The quantitative estimate of drug-likeness (QED) is 0.670. The van der Waals surface area contributed by atoms with Gasteiger partial charge in [-0.25, -0.2) is 0 Å². The normalized spacial score (nSPS) is 18.6. The lowest BCUT2D eigenvalue weighted by Gasteiger charge is -2.15. The Balaban J connectivity index is 0.000000229. The van der Waals surface area contributed by atoms with Crippen LogP contribution in [0.5, 0.6) is 5.75 Å². The average molecular weight is 346 g/mol. The number of phenols is 1. The van der Waals surface area contributed by atoms with Gasteiger partial charge in [-0.05, 0) is 36.4 Å². The molecule has 1 atom stereocenters. The minimum absolute atomic E-state index is 0.101. The summed E-state index contributed by atoms with van der Waals surface area (Å²) in [5.41, 5.74) is 1.81. The number of rotatable bonds is 1. The molecule has 1 unspecified atom stereocenters. The molecule has 4 heteroatoms. The number of halogens is 2. The highest BCUT2D eigenvalue weighted by atomic mass is 35.5. The van der Waals surface area contributed by atoms with Crippen molar-refractivity contribution in [2.45, 2.75) is 6.92 Å². The number of phenolic OH excluding ortho intramolecular Hbond substituents is 1. The molecule has 2 nitrogen and oxygen atoms in total. The van der Waals surface area contributed by atoms with Gasteiger partial charge in [-0.1, -0.05) is 66.5 Å². The van der Waals surface area contributed by atoms with E-state index in [0.29, 0.717) is 10.8 Å². The molecule has 0 bridgehead atoms. The Bertz CT molecular complexity index is 722. The van der Waals surface area contributed by atoms with Gasteiger partial charge in [-0.3, -0.25) is 4.99 Å². The van der Waals surface area contributed by atoms with E-state index in [1.807, 2.05) is 49.4 Å². The number of hydrogen-bond donors (Lipinski definition) is 1. The van der Waals surface area contributed by atoms with Crippen LogP contribution in [-0.2, 0) is 0 Å². The van der Waals surface area contributed by atoms with E-state index >= 15 is 0 Å². The molecular formula is C19H17Cl2NO. The zero-order valence-corrected chi connectivity index (χ0v) is 14.2. The second kappa shape index (κ2) is 8.56. The highest BCUT2D eigenvalue weighted by molar-refractivity contribution is 6.38. The number of hydrogen-bond acceptors (Lipinski definition) is 2. The molecule has 1 aliphatic carbocycles. The first-order valence-corrected chi connectivity index (χ1v) is 7.94.